The molecule has 0 aromatic heterocycles. The van der Waals surface area contributed by atoms with Gasteiger partial charge in [0.05, 0.1) is 18.7 Å². The summed E-state index contributed by atoms with van der Waals surface area (Å²) in [6.07, 6.45) is 0.622. The van der Waals surface area contributed by atoms with E-state index in [9.17, 15) is 9.59 Å². The summed E-state index contributed by atoms with van der Waals surface area (Å²) in [5.41, 5.74) is 2.18. The largest absolute Gasteiger partial charge is 0.497 e. The fraction of sp³-hybridized carbons (Fsp3) is 0.211. The first-order chi connectivity index (χ1) is 11.6. The number of carbonyl (C=O) groups excluding carboxylic acids is 2. The number of hydrogen-bond donors (Lipinski definition) is 1. The van der Waals surface area contributed by atoms with Crippen LogP contribution in [0.4, 0.5) is 0 Å². The molecule has 0 fully saturated rings. The fourth-order valence-electron chi connectivity index (χ4n) is 2.23. The molecule has 2 rings (SSSR count). The zero-order valence-corrected chi connectivity index (χ0v) is 13.4. The first kappa shape index (κ1) is 17.2. The predicted molar refractivity (Wildman–Crippen MR) is 89.6 cm³/mol. The lowest BCUT2D eigenvalue weighted by molar-refractivity contribution is -0.137. The summed E-state index contributed by atoms with van der Waals surface area (Å²) in [6.45, 7) is 0.384. The molecule has 0 aliphatic carbocycles. The number of methoxy groups -OCH3 is 1. The van der Waals surface area contributed by atoms with Gasteiger partial charge in [-0.05, 0) is 41.8 Å². The van der Waals surface area contributed by atoms with Gasteiger partial charge in [-0.1, -0.05) is 24.3 Å². The number of nitriles is 1. The number of carbonyl (C=O) groups is 2. The van der Waals surface area contributed by atoms with Gasteiger partial charge in [-0.25, -0.2) is 0 Å². The second kappa shape index (κ2) is 8.49. The second-order valence-corrected chi connectivity index (χ2v) is 5.27. The quantitative estimate of drug-likeness (QED) is 0.791. The van der Waals surface area contributed by atoms with E-state index in [4.69, 9.17) is 10.00 Å². The van der Waals surface area contributed by atoms with E-state index in [0.717, 1.165) is 11.3 Å². The van der Waals surface area contributed by atoms with E-state index in [0.29, 0.717) is 24.1 Å². The Morgan fingerprint density at radius 2 is 1.88 bits per heavy atom. The van der Waals surface area contributed by atoms with Gasteiger partial charge in [-0.15, -0.1) is 0 Å². The molecule has 0 aliphatic heterocycles. The number of Topliss-reactive ketones (excluding diaryl/α,β-unsaturated/α-hetero) is 1. The van der Waals surface area contributed by atoms with Crippen molar-refractivity contribution in [1.82, 2.24) is 5.32 Å². The lowest BCUT2D eigenvalue weighted by Gasteiger charge is -2.06. The van der Waals surface area contributed by atoms with Crippen molar-refractivity contribution in [2.75, 3.05) is 13.7 Å². The summed E-state index contributed by atoms with van der Waals surface area (Å²) in [6, 6.07) is 16.2. The molecule has 0 aliphatic rings. The minimum Gasteiger partial charge on any atom is -0.497 e. The third kappa shape index (κ3) is 4.96. The molecule has 0 bridgehead atoms. The number of nitrogens with zero attached hydrogens (tertiary/aromatic N) is 1. The van der Waals surface area contributed by atoms with Gasteiger partial charge in [0.1, 0.15) is 5.75 Å². The van der Waals surface area contributed by atoms with E-state index in [1.165, 1.54) is 0 Å². The van der Waals surface area contributed by atoms with Crippen LogP contribution in [0.5, 0.6) is 5.75 Å². The van der Waals surface area contributed by atoms with E-state index >= 15 is 0 Å². The van der Waals surface area contributed by atoms with Crippen LogP contribution in [0, 0.1) is 11.3 Å². The Morgan fingerprint density at radius 1 is 1.12 bits per heavy atom. The third-order valence-corrected chi connectivity index (χ3v) is 3.53. The molecular weight excluding hydrogens is 304 g/mol. The molecule has 0 atom stereocenters. The summed E-state index contributed by atoms with van der Waals surface area (Å²) >= 11 is 0. The molecule has 0 unspecified atom stereocenters. The van der Waals surface area contributed by atoms with E-state index < -0.39 is 11.7 Å². The molecule has 5 nitrogen and oxygen atoms in total. The molecule has 2 aromatic carbocycles. The summed E-state index contributed by atoms with van der Waals surface area (Å²) in [7, 11) is 1.60. The number of amides is 1. The first-order valence-electron chi connectivity index (χ1n) is 7.55. The van der Waals surface area contributed by atoms with Gasteiger partial charge in [0.25, 0.3) is 5.91 Å². The number of rotatable bonds is 7. The molecule has 5 heteroatoms. The fourth-order valence-corrected chi connectivity index (χ4v) is 2.23. The van der Waals surface area contributed by atoms with Crippen molar-refractivity contribution < 1.29 is 14.3 Å². The zero-order valence-electron chi connectivity index (χ0n) is 13.4. The number of benzene rings is 2. The van der Waals surface area contributed by atoms with E-state index in [-0.39, 0.29) is 6.42 Å². The van der Waals surface area contributed by atoms with Crippen LogP contribution in [-0.4, -0.2) is 25.3 Å². The van der Waals surface area contributed by atoms with Crippen LogP contribution in [0.1, 0.15) is 16.7 Å². The van der Waals surface area contributed by atoms with Crippen molar-refractivity contribution in [3.8, 4) is 11.8 Å². The lowest BCUT2D eigenvalue weighted by atomic mass is 10.1. The molecule has 24 heavy (non-hydrogen) atoms. The first-order valence-corrected chi connectivity index (χ1v) is 7.55. The Bertz CT molecular complexity index is 761. The molecule has 0 heterocycles. The topological polar surface area (TPSA) is 79.2 Å². The third-order valence-electron chi connectivity index (χ3n) is 3.53. The smallest absolute Gasteiger partial charge is 0.287 e. The van der Waals surface area contributed by atoms with Crippen LogP contribution in [0.25, 0.3) is 0 Å². The highest BCUT2D eigenvalue weighted by Crippen LogP contribution is 2.11. The summed E-state index contributed by atoms with van der Waals surface area (Å²) in [5, 5.41) is 11.5. The standard InChI is InChI=1S/C19H18N2O3/c1-24-17-7-5-14(6-8-17)9-10-21-19(23)18(22)12-15-3-2-4-16(11-15)13-20/h2-8,11H,9-10,12H2,1H3,(H,21,23). The molecule has 2 aromatic rings. The normalized spacial score (nSPS) is 9.83. The SMILES string of the molecule is COc1ccc(CCNC(=O)C(=O)Cc2cccc(C#N)c2)cc1. The minimum absolute atomic E-state index is 0.0100. The predicted octanol–water partition coefficient (Wildman–Crippen LogP) is 2.04. The molecule has 1 amide bonds. The van der Waals surface area contributed by atoms with Gasteiger partial charge in [0, 0.05) is 13.0 Å². The van der Waals surface area contributed by atoms with Crippen molar-refractivity contribution in [2.24, 2.45) is 0 Å². The van der Waals surface area contributed by atoms with Crippen molar-refractivity contribution >= 4 is 11.7 Å². The second-order valence-electron chi connectivity index (χ2n) is 5.27. The van der Waals surface area contributed by atoms with Crippen molar-refractivity contribution in [1.29, 1.82) is 5.26 Å². The van der Waals surface area contributed by atoms with Crippen LogP contribution in [0.2, 0.25) is 0 Å². The monoisotopic (exact) mass is 322 g/mol. The molecular formula is C19H18N2O3. The Hall–Kier alpha value is -3.13. The molecule has 0 spiro atoms. The Kier molecular flexibility index (Phi) is 6.09. The summed E-state index contributed by atoms with van der Waals surface area (Å²) < 4.78 is 5.08. The van der Waals surface area contributed by atoms with Gasteiger partial charge < -0.3 is 10.1 Å². The van der Waals surface area contributed by atoms with Crippen LogP contribution in [0.15, 0.2) is 48.5 Å². The molecule has 0 radical (unpaired) electrons. The molecule has 0 saturated heterocycles. The van der Waals surface area contributed by atoms with Crippen LogP contribution < -0.4 is 10.1 Å². The van der Waals surface area contributed by atoms with Crippen molar-refractivity contribution in [3.63, 3.8) is 0 Å². The lowest BCUT2D eigenvalue weighted by Crippen LogP contribution is -2.33. The highest BCUT2D eigenvalue weighted by atomic mass is 16.5. The maximum absolute atomic E-state index is 11.9. The maximum Gasteiger partial charge on any atom is 0.287 e. The van der Waals surface area contributed by atoms with Gasteiger partial charge in [-0.3, -0.25) is 9.59 Å². The van der Waals surface area contributed by atoms with E-state index in [1.54, 1.807) is 31.4 Å². The van der Waals surface area contributed by atoms with Gasteiger partial charge in [0.15, 0.2) is 0 Å². The molecule has 1 N–H and O–H groups in total. The number of ketones is 1. The Balaban J connectivity index is 1.80. The van der Waals surface area contributed by atoms with E-state index in [1.807, 2.05) is 30.3 Å². The summed E-state index contributed by atoms with van der Waals surface area (Å²) in [5.74, 6) is -0.344. The van der Waals surface area contributed by atoms with Crippen molar-refractivity contribution in [3.05, 3.63) is 65.2 Å². The highest BCUT2D eigenvalue weighted by Gasteiger charge is 2.13. The Morgan fingerprint density at radius 3 is 2.54 bits per heavy atom. The highest BCUT2D eigenvalue weighted by molar-refractivity contribution is 6.36. The molecule has 122 valence electrons. The van der Waals surface area contributed by atoms with Gasteiger partial charge in [0.2, 0.25) is 5.78 Å². The zero-order chi connectivity index (χ0) is 17.4. The summed E-state index contributed by atoms with van der Waals surface area (Å²) in [4.78, 5) is 23.8. The average molecular weight is 322 g/mol. The van der Waals surface area contributed by atoms with E-state index in [2.05, 4.69) is 5.32 Å². The maximum atomic E-state index is 11.9. The van der Waals surface area contributed by atoms with Crippen LogP contribution in [0.3, 0.4) is 0 Å². The average Bonchev–Trinajstić information content (AvgIpc) is 2.62. The van der Waals surface area contributed by atoms with Gasteiger partial charge >= 0.3 is 0 Å². The number of hydrogen-bond acceptors (Lipinski definition) is 4. The number of ether oxygens (including phenoxy) is 1. The minimum atomic E-state index is -0.606. The molecule has 0 saturated carbocycles. The van der Waals surface area contributed by atoms with Crippen molar-refractivity contribution in [2.45, 2.75) is 12.8 Å². The van der Waals surface area contributed by atoms with Gasteiger partial charge in [-0.2, -0.15) is 5.26 Å². The number of nitrogens with one attached hydrogen (secondary N) is 1. The van der Waals surface area contributed by atoms with Crippen LogP contribution in [-0.2, 0) is 22.4 Å². The van der Waals surface area contributed by atoms with Crippen LogP contribution >= 0.6 is 0 Å². The Labute approximate surface area is 140 Å².